The van der Waals surface area contributed by atoms with Gasteiger partial charge in [0.25, 0.3) is 0 Å². The molecule has 0 saturated heterocycles. The van der Waals surface area contributed by atoms with Crippen LogP contribution in [0.2, 0.25) is 0 Å². The Morgan fingerprint density at radius 2 is 2.15 bits per heavy atom. The topological polar surface area (TPSA) is 42.0 Å². The molecular weight excluding hydrogens is 166 g/mol. The van der Waals surface area contributed by atoms with Gasteiger partial charge >= 0.3 is 0 Å². The molecule has 2 rings (SSSR count). The van der Waals surface area contributed by atoms with Gasteiger partial charge in [-0.3, -0.25) is 10.1 Å². The summed E-state index contributed by atoms with van der Waals surface area (Å²) in [5, 5.41) is 11.9. The molecule has 0 aliphatic carbocycles. The lowest BCUT2D eigenvalue weighted by Gasteiger charge is -2.01. The average Bonchev–Trinajstić information content (AvgIpc) is 2.18. The molecule has 3 heteroatoms. The lowest BCUT2D eigenvalue weighted by molar-refractivity contribution is 0.360. The molecule has 0 aliphatic heterocycles. The molecule has 0 saturated carbocycles. The van der Waals surface area contributed by atoms with Crippen molar-refractivity contribution in [1.82, 2.24) is 4.98 Å². The summed E-state index contributed by atoms with van der Waals surface area (Å²) in [7, 11) is 1.59. The highest BCUT2D eigenvalue weighted by atomic mass is 16.5. The van der Waals surface area contributed by atoms with Crippen molar-refractivity contribution in [2.24, 2.45) is 0 Å². The standard InChI is InChI=1S/C10H8NO2/c1-13-7-2-3-8-9(6-7)11-5-4-10(8)12/h2-6H,1H3. The molecule has 0 atom stereocenters. The van der Waals surface area contributed by atoms with Crippen LogP contribution < -0.4 is 4.74 Å². The van der Waals surface area contributed by atoms with Crippen LogP contribution in [0.1, 0.15) is 0 Å². The molecule has 13 heavy (non-hydrogen) atoms. The predicted octanol–water partition coefficient (Wildman–Crippen LogP) is 2.39. The van der Waals surface area contributed by atoms with Gasteiger partial charge in [-0.25, -0.2) is 0 Å². The number of ether oxygens (including phenoxy) is 1. The highest BCUT2D eigenvalue weighted by Gasteiger charge is 2.02. The molecule has 0 unspecified atom stereocenters. The van der Waals surface area contributed by atoms with Crippen LogP contribution in [-0.2, 0) is 5.11 Å². The maximum Gasteiger partial charge on any atom is 0.189 e. The SMILES string of the molecule is COc1ccc2c([O])ccnc2c1. The monoisotopic (exact) mass is 174 g/mol. The fraction of sp³-hybridized carbons (Fsp3) is 0.100. The van der Waals surface area contributed by atoms with Gasteiger partial charge in [-0.2, -0.15) is 0 Å². The van der Waals surface area contributed by atoms with Crippen molar-refractivity contribution in [3.63, 3.8) is 0 Å². The Morgan fingerprint density at radius 1 is 1.31 bits per heavy atom. The minimum absolute atomic E-state index is 0.00680. The van der Waals surface area contributed by atoms with E-state index in [9.17, 15) is 5.11 Å². The second-order valence-electron chi connectivity index (χ2n) is 2.69. The highest BCUT2D eigenvalue weighted by Crippen LogP contribution is 2.25. The number of hydrogen-bond donors (Lipinski definition) is 0. The van der Waals surface area contributed by atoms with E-state index < -0.39 is 0 Å². The zero-order valence-electron chi connectivity index (χ0n) is 7.15. The summed E-state index contributed by atoms with van der Waals surface area (Å²) in [6, 6.07) is 6.68. The van der Waals surface area contributed by atoms with Gasteiger partial charge in [0.1, 0.15) is 5.75 Å². The number of methoxy groups -OCH3 is 1. The molecule has 0 aliphatic rings. The van der Waals surface area contributed by atoms with Gasteiger partial charge in [0.2, 0.25) is 0 Å². The molecule has 0 bridgehead atoms. The van der Waals surface area contributed by atoms with Crippen molar-refractivity contribution in [3.05, 3.63) is 30.5 Å². The summed E-state index contributed by atoms with van der Waals surface area (Å²) in [6.45, 7) is 0. The Balaban J connectivity index is 2.72. The second-order valence-corrected chi connectivity index (χ2v) is 2.69. The van der Waals surface area contributed by atoms with E-state index in [4.69, 9.17) is 4.74 Å². The largest absolute Gasteiger partial charge is 0.497 e. The van der Waals surface area contributed by atoms with Gasteiger partial charge in [0.15, 0.2) is 5.75 Å². The molecule has 1 heterocycles. The molecular formula is C10H8NO2. The van der Waals surface area contributed by atoms with Gasteiger partial charge in [0, 0.05) is 23.7 Å². The van der Waals surface area contributed by atoms with Crippen LogP contribution in [0.3, 0.4) is 0 Å². The third-order valence-electron chi connectivity index (χ3n) is 1.91. The number of hydrogen-bond acceptors (Lipinski definition) is 2. The fourth-order valence-electron chi connectivity index (χ4n) is 1.23. The van der Waals surface area contributed by atoms with Gasteiger partial charge < -0.3 is 4.74 Å². The number of fused-ring (bicyclic) bond motifs is 1. The van der Waals surface area contributed by atoms with Crippen LogP contribution in [0.15, 0.2) is 30.5 Å². The molecule has 2 aromatic rings. The summed E-state index contributed by atoms with van der Waals surface area (Å²) in [6.07, 6.45) is 1.50. The van der Waals surface area contributed by atoms with Crippen molar-refractivity contribution in [1.29, 1.82) is 0 Å². The maximum absolute atomic E-state index is 11.3. The lowest BCUT2D eigenvalue weighted by Crippen LogP contribution is -1.83. The molecule has 1 radical (unpaired) electrons. The van der Waals surface area contributed by atoms with Crippen molar-refractivity contribution in [2.75, 3.05) is 7.11 Å². The van der Waals surface area contributed by atoms with Crippen molar-refractivity contribution in [2.45, 2.75) is 0 Å². The normalized spacial score (nSPS) is 10.2. The Morgan fingerprint density at radius 3 is 2.92 bits per heavy atom. The summed E-state index contributed by atoms with van der Waals surface area (Å²) in [4.78, 5) is 4.07. The van der Waals surface area contributed by atoms with Crippen molar-refractivity contribution < 1.29 is 9.84 Å². The first-order chi connectivity index (χ1) is 6.31. The van der Waals surface area contributed by atoms with E-state index in [2.05, 4.69) is 4.98 Å². The van der Waals surface area contributed by atoms with E-state index in [1.54, 1.807) is 25.3 Å². The molecule has 0 fully saturated rings. The van der Waals surface area contributed by atoms with Crippen molar-refractivity contribution >= 4 is 10.9 Å². The zero-order chi connectivity index (χ0) is 9.26. The minimum atomic E-state index is -0.00680. The van der Waals surface area contributed by atoms with Crippen LogP contribution in [0.5, 0.6) is 11.5 Å². The van der Waals surface area contributed by atoms with Gasteiger partial charge in [-0.15, -0.1) is 0 Å². The number of nitrogens with zero attached hydrogens (tertiary/aromatic N) is 1. The number of benzene rings is 1. The summed E-state index contributed by atoms with van der Waals surface area (Å²) in [5.41, 5.74) is 0.673. The summed E-state index contributed by atoms with van der Waals surface area (Å²) in [5.74, 6) is 0.707. The smallest absolute Gasteiger partial charge is 0.189 e. The van der Waals surface area contributed by atoms with Gasteiger partial charge in [0.05, 0.1) is 12.6 Å². The molecule has 65 valence electrons. The Kier molecular flexibility index (Phi) is 1.77. The average molecular weight is 174 g/mol. The van der Waals surface area contributed by atoms with Crippen LogP contribution in [0.4, 0.5) is 0 Å². The quantitative estimate of drug-likeness (QED) is 0.666. The molecule has 0 amide bonds. The third-order valence-corrected chi connectivity index (χ3v) is 1.91. The van der Waals surface area contributed by atoms with E-state index in [1.165, 1.54) is 12.3 Å². The van der Waals surface area contributed by atoms with Gasteiger partial charge in [-0.05, 0) is 12.1 Å². The fourth-order valence-corrected chi connectivity index (χ4v) is 1.23. The molecule has 0 spiro atoms. The molecule has 0 N–H and O–H groups in total. The maximum atomic E-state index is 11.3. The minimum Gasteiger partial charge on any atom is -0.497 e. The Hall–Kier alpha value is -1.77. The number of aromatic nitrogens is 1. The zero-order valence-corrected chi connectivity index (χ0v) is 7.15. The lowest BCUT2D eigenvalue weighted by atomic mass is 10.2. The molecule has 1 aromatic carbocycles. The van der Waals surface area contributed by atoms with E-state index in [1.807, 2.05) is 0 Å². The predicted molar refractivity (Wildman–Crippen MR) is 48.4 cm³/mol. The van der Waals surface area contributed by atoms with E-state index in [-0.39, 0.29) is 5.75 Å². The third kappa shape index (κ3) is 1.28. The van der Waals surface area contributed by atoms with Crippen LogP contribution in [0, 0.1) is 0 Å². The van der Waals surface area contributed by atoms with Gasteiger partial charge in [-0.1, -0.05) is 0 Å². The number of rotatable bonds is 1. The first kappa shape index (κ1) is 7.86. The van der Waals surface area contributed by atoms with E-state index in [0.717, 1.165) is 0 Å². The highest BCUT2D eigenvalue weighted by molar-refractivity contribution is 5.85. The Bertz CT molecular complexity index is 440. The second kappa shape index (κ2) is 2.94. The van der Waals surface area contributed by atoms with Crippen molar-refractivity contribution in [3.8, 4) is 11.5 Å². The van der Waals surface area contributed by atoms with Crippen LogP contribution in [0.25, 0.3) is 10.9 Å². The van der Waals surface area contributed by atoms with E-state index >= 15 is 0 Å². The van der Waals surface area contributed by atoms with E-state index in [0.29, 0.717) is 16.7 Å². The first-order valence-electron chi connectivity index (χ1n) is 3.91. The molecule has 1 aromatic heterocycles. The number of pyridine rings is 1. The Labute approximate surface area is 75.6 Å². The van der Waals surface area contributed by atoms with Crippen LogP contribution >= 0.6 is 0 Å². The molecule has 3 nitrogen and oxygen atoms in total. The summed E-state index contributed by atoms with van der Waals surface area (Å²) < 4.78 is 5.02. The summed E-state index contributed by atoms with van der Waals surface area (Å²) >= 11 is 0. The van der Waals surface area contributed by atoms with Crippen LogP contribution in [-0.4, -0.2) is 12.1 Å². The first-order valence-corrected chi connectivity index (χ1v) is 3.91.